The molecule has 19 heavy (non-hydrogen) atoms. The Balaban J connectivity index is 1.84. The molecule has 0 aromatic heterocycles. The first-order valence-electron chi connectivity index (χ1n) is 6.09. The number of hydrogen-bond donors (Lipinski definition) is 0. The molecule has 0 amide bonds. The van der Waals surface area contributed by atoms with Crippen LogP contribution in [0.4, 0.5) is 0 Å². The van der Waals surface area contributed by atoms with Crippen molar-refractivity contribution < 1.29 is 8.39 Å². The molecule has 0 saturated heterocycles. The highest BCUT2D eigenvalue weighted by Crippen LogP contribution is 2.09. The molecule has 2 nitrogen and oxygen atoms in total. The largest absolute Gasteiger partial charge is 0.283 e. The first-order chi connectivity index (χ1) is 9.25. The molecule has 98 valence electrons. The molecule has 0 spiro atoms. The van der Waals surface area contributed by atoms with Gasteiger partial charge in [-0.3, -0.25) is 4.18 Å². The fraction of sp³-hybridized carbons (Fsp3) is 0.125. The number of hydrogen-bond acceptors (Lipinski definition) is 2. The van der Waals surface area contributed by atoms with Gasteiger partial charge in [-0.1, -0.05) is 60.2 Å². The predicted molar refractivity (Wildman–Crippen MR) is 79.0 cm³/mol. The smallest absolute Gasteiger partial charge is 0.189 e. The third kappa shape index (κ3) is 4.47. The van der Waals surface area contributed by atoms with Crippen molar-refractivity contribution in [3.8, 4) is 0 Å². The molecule has 2 aromatic carbocycles. The highest BCUT2D eigenvalue weighted by atomic mass is 32.2. The van der Waals surface area contributed by atoms with E-state index in [2.05, 4.69) is 0 Å². The number of aryl methyl sites for hydroxylation is 1. The Labute approximate surface area is 116 Å². The van der Waals surface area contributed by atoms with Crippen LogP contribution in [0.1, 0.15) is 11.1 Å². The molecule has 1 atom stereocenters. The minimum absolute atomic E-state index is 0.329. The molecule has 0 aliphatic carbocycles. The quantitative estimate of drug-likeness (QED) is 0.828. The van der Waals surface area contributed by atoms with Crippen molar-refractivity contribution in [3.05, 3.63) is 71.8 Å². The van der Waals surface area contributed by atoms with Crippen molar-refractivity contribution in [2.45, 2.75) is 11.8 Å². The van der Waals surface area contributed by atoms with Crippen molar-refractivity contribution in [2.24, 2.45) is 0 Å². The van der Waals surface area contributed by atoms with Gasteiger partial charge in [0.2, 0.25) is 0 Å². The molecule has 0 aliphatic rings. The van der Waals surface area contributed by atoms with Crippen molar-refractivity contribution in [1.29, 1.82) is 0 Å². The molecular formula is C16H16O2S. The molecule has 2 aromatic rings. The molecule has 0 radical (unpaired) electrons. The van der Waals surface area contributed by atoms with Gasteiger partial charge in [-0.05, 0) is 24.6 Å². The van der Waals surface area contributed by atoms with Gasteiger partial charge in [-0.2, -0.15) is 0 Å². The van der Waals surface area contributed by atoms with Crippen LogP contribution in [-0.2, 0) is 15.3 Å². The van der Waals surface area contributed by atoms with Gasteiger partial charge in [0, 0.05) is 0 Å². The fourth-order valence-corrected chi connectivity index (χ4v) is 2.26. The molecule has 0 fully saturated rings. The van der Waals surface area contributed by atoms with Crippen LogP contribution < -0.4 is 0 Å². The molecule has 0 saturated carbocycles. The van der Waals surface area contributed by atoms with E-state index in [9.17, 15) is 4.21 Å². The Kier molecular flexibility index (Phi) is 5.07. The van der Waals surface area contributed by atoms with Gasteiger partial charge in [0.05, 0.1) is 11.5 Å². The summed E-state index contributed by atoms with van der Waals surface area (Å²) < 4.78 is 17.1. The molecule has 0 bridgehead atoms. The highest BCUT2D eigenvalue weighted by Gasteiger charge is 2.02. The summed E-state index contributed by atoms with van der Waals surface area (Å²) in [5, 5.41) is 0. The molecular weight excluding hydrogens is 256 g/mol. The lowest BCUT2D eigenvalue weighted by Gasteiger charge is -2.01. The van der Waals surface area contributed by atoms with Crippen LogP contribution in [0.15, 0.2) is 65.6 Å². The average Bonchev–Trinajstić information content (AvgIpc) is 2.45. The van der Waals surface area contributed by atoms with Crippen LogP contribution in [0, 0.1) is 6.92 Å². The SMILES string of the molecule is Cc1ccc(S(=O)OC/C=C/c2ccccc2)cc1. The summed E-state index contributed by atoms with van der Waals surface area (Å²) in [6.45, 7) is 2.32. The maximum absolute atomic E-state index is 11.8. The summed E-state index contributed by atoms with van der Waals surface area (Å²) in [5.74, 6) is 0. The van der Waals surface area contributed by atoms with Crippen LogP contribution in [0.3, 0.4) is 0 Å². The first-order valence-corrected chi connectivity index (χ1v) is 7.16. The van der Waals surface area contributed by atoms with Crippen LogP contribution in [-0.4, -0.2) is 10.8 Å². The van der Waals surface area contributed by atoms with E-state index < -0.39 is 11.1 Å². The second-order valence-corrected chi connectivity index (χ2v) is 5.32. The lowest BCUT2D eigenvalue weighted by molar-refractivity contribution is 0.395. The van der Waals surface area contributed by atoms with Crippen molar-refractivity contribution >= 4 is 17.2 Å². The summed E-state index contributed by atoms with van der Waals surface area (Å²) in [6, 6.07) is 17.4. The Hall–Kier alpha value is -1.71. The summed E-state index contributed by atoms with van der Waals surface area (Å²) in [6.07, 6.45) is 3.81. The second kappa shape index (κ2) is 7.02. The summed E-state index contributed by atoms with van der Waals surface area (Å²) in [4.78, 5) is 0.693. The third-order valence-corrected chi connectivity index (χ3v) is 3.60. The van der Waals surface area contributed by atoms with Gasteiger partial charge in [0.1, 0.15) is 0 Å². The van der Waals surface area contributed by atoms with E-state index in [0.29, 0.717) is 11.5 Å². The van der Waals surface area contributed by atoms with E-state index in [1.54, 1.807) is 0 Å². The minimum atomic E-state index is -1.40. The zero-order valence-corrected chi connectivity index (χ0v) is 11.6. The van der Waals surface area contributed by atoms with Crippen molar-refractivity contribution in [3.63, 3.8) is 0 Å². The molecule has 0 aliphatic heterocycles. The van der Waals surface area contributed by atoms with Gasteiger partial charge in [-0.25, -0.2) is 4.21 Å². The van der Waals surface area contributed by atoms with Crippen LogP contribution in [0.2, 0.25) is 0 Å². The van der Waals surface area contributed by atoms with Crippen LogP contribution >= 0.6 is 0 Å². The van der Waals surface area contributed by atoms with E-state index in [-0.39, 0.29) is 0 Å². The topological polar surface area (TPSA) is 26.3 Å². The minimum Gasteiger partial charge on any atom is -0.283 e. The Bertz CT molecular complexity index is 559. The molecule has 0 heterocycles. The molecule has 3 heteroatoms. The number of benzene rings is 2. The maximum Gasteiger partial charge on any atom is 0.189 e. The summed E-state index contributed by atoms with van der Waals surface area (Å²) in [7, 11) is 0. The predicted octanol–water partition coefficient (Wildman–Crippen LogP) is 3.75. The average molecular weight is 272 g/mol. The first kappa shape index (κ1) is 13.7. The van der Waals surface area contributed by atoms with Gasteiger partial charge in [0.25, 0.3) is 0 Å². The van der Waals surface area contributed by atoms with E-state index in [1.807, 2.05) is 73.7 Å². The van der Waals surface area contributed by atoms with Gasteiger partial charge in [0.15, 0.2) is 11.1 Å². The van der Waals surface area contributed by atoms with Crippen molar-refractivity contribution in [1.82, 2.24) is 0 Å². The van der Waals surface area contributed by atoms with Gasteiger partial charge < -0.3 is 0 Å². The van der Waals surface area contributed by atoms with Crippen LogP contribution in [0.5, 0.6) is 0 Å². The van der Waals surface area contributed by atoms with Gasteiger partial charge >= 0.3 is 0 Å². The van der Waals surface area contributed by atoms with E-state index in [4.69, 9.17) is 4.18 Å². The number of rotatable bonds is 5. The normalized spacial score (nSPS) is 12.7. The summed E-state index contributed by atoms with van der Waals surface area (Å²) in [5.41, 5.74) is 2.25. The lowest BCUT2D eigenvalue weighted by atomic mass is 10.2. The fourth-order valence-electron chi connectivity index (χ4n) is 1.57. The molecule has 0 N–H and O–H groups in total. The van der Waals surface area contributed by atoms with E-state index in [1.165, 1.54) is 0 Å². The Morgan fingerprint density at radius 2 is 1.74 bits per heavy atom. The van der Waals surface area contributed by atoms with Crippen molar-refractivity contribution in [2.75, 3.05) is 6.61 Å². The second-order valence-electron chi connectivity index (χ2n) is 4.15. The Morgan fingerprint density at radius 3 is 2.42 bits per heavy atom. The van der Waals surface area contributed by atoms with Crippen LogP contribution in [0.25, 0.3) is 6.08 Å². The maximum atomic E-state index is 11.8. The zero-order chi connectivity index (χ0) is 13.5. The van der Waals surface area contributed by atoms with E-state index >= 15 is 0 Å². The molecule has 1 unspecified atom stereocenters. The summed E-state index contributed by atoms with van der Waals surface area (Å²) >= 11 is -1.40. The Morgan fingerprint density at radius 1 is 1.05 bits per heavy atom. The third-order valence-electron chi connectivity index (χ3n) is 2.59. The van der Waals surface area contributed by atoms with Gasteiger partial charge in [-0.15, -0.1) is 0 Å². The highest BCUT2D eigenvalue weighted by molar-refractivity contribution is 7.80. The van der Waals surface area contributed by atoms with E-state index in [0.717, 1.165) is 11.1 Å². The monoisotopic (exact) mass is 272 g/mol. The zero-order valence-electron chi connectivity index (χ0n) is 10.8. The standard InChI is InChI=1S/C16H16O2S/c1-14-9-11-16(12-10-14)19(17)18-13-5-8-15-6-3-2-4-7-15/h2-12H,13H2,1H3/b8-5+. The lowest BCUT2D eigenvalue weighted by Crippen LogP contribution is -1.97. The molecule has 2 rings (SSSR count).